The lowest BCUT2D eigenvalue weighted by molar-refractivity contribution is 0.0978. The lowest BCUT2D eigenvalue weighted by Crippen LogP contribution is -2.03. The summed E-state index contributed by atoms with van der Waals surface area (Å²) in [6.07, 6.45) is 2.98. The Morgan fingerprint density at radius 3 is 2.94 bits per heavy atom. The van der Waals surface area contributed by atoms with Crippen molar-refractivity contribution in [3.8, 4) is 5.75 Å². The third-order valence-electron chi connectivity index (χ3n) is 2.08. The summed E-state index contributed by atoms with van der Waals surface area (Å²) in [5.41, 5.74) is 0.591. The fraction of sp³-hybridized carbons (Fsp3) is 0.308. The zero-order valence-corrected chi connectivity index (χ0v) is 10.1. The SMILES string of the molecule is C=CCOc1cc(Cl)ccc1C(=O)CCC. The lowest BCUT2D eigenvalue weighted by Gasteiger charge is -2.09. The number of benzene rings is 1. The minimum absolute atomic E-state index is 0.0817. The first-order chi connectivity index (χ1) is 7.69. The van der Waals surface area contributed by atoms with Gasteiger partial charge in [0, 0.05) is 11.4 Å². The molecule has 3 heteroatoms. The van der Waals surface area contributed by atoms with Crippen molar-refractivity contribution in [2.45, 2.75) is 19.8 Å². The van der Waals surface area contributed by atoms with Crippen LogP contribution in [0.1, 0.15) is 30.1 Å². The van der Waals surface area contributed by atoms with Crippen molar-refractivity contribution in [2.75, 3.05) is 6.61 Å². The highest BCUT2D eigenvalue weighted by atomic mass is 35.5. The van der Waals surface area contributed by atoms with Gasteiger partial charge < -0.3 is 4.74 Å². The molecule has 0 fully saturated rings. The maximum Gasteiger partial charge on any atom is 0.166 e. The Labute approximate surface area is 101 Å². The third kappa shape index (κ3) is 3.38. The Morgan fingerprint density at radius 2 is 2.31 bits per heavy atom. The Bertz CT molecular complexity index is 386. The highest BCUT2D eigenvalue weighted by molar-refractivity contribution is 6.30. The molecule has 0 unspecified atom stereocenters. The van der Waals surface area contributed by atoms with E-state index in [-0.39, 0.29) is 5.78 Å². The second kappa shape index (κ2) is 6.33. The molecule has 0 atom stereocenters. The molecule has 1 rings (SSSR count). The number of carbonyl (C=O) groups excluding carboxylic acids is 1. The number of ketones is 1. The van der Waals surface area contributed by atoms with Gasteiger partial charge in [-0.1, -0.05) is 31.2 Å². The molecule has 0 heterocycles. The van der Waals surface area contributed by atoms with Gasteiger partial charge in [-0.2, -0.15) is 0 Å². The van der Waals surface area contributed by atoms with Gasteiger partial charge in [-0.3, -0.25) is 4.79 Å². The second-order valence-corrected chi connectivity index (χ2v) is 3.85. The lowest BCUT2D eigenvalue weighted by atomic mass is 10.1. The molecule has 0 aliphatic rings. The minimum atomic E-state index is 0.0817. The summed E-state index contributed by atoms with van der Waals surface area (Å²) in [6, 6.07) is 5.07. The van der Waals surface area contributed by atoms with Crippen molar-refractivity contribution in [1.29, 1.82) is 0 Å². The average Bonchev–Trinajstić information content (AvgIpc) is 2.26. The molecule has 0 aliphatic carbocycles. The van der Waals surface area contributed by atoms with E-state index in [0.29, 0.717) is 29.4 Å². The molecule has 16 heavy (non-hydrogen) atoms. The van der Waals surface area contributed by atoms with Crippen LogP contribution in [0, 0.1) is 0 Å². The second-order valence-electron chi connectivity index (χ2n) is 3.41. The monoisotopic (exact) mass is 238 g/mol. The van der Waals surface area contributed by atoms with E-state index in [9.17, 15) is 4.79 Å². The van der Waals surface area contributed by atoms with Gasteiger partial charge in [0.25, 0.3) is 0 Å². The number of Topliss-reactive ketones (excluding diaryl/α,β-unsaturated/α-hetero) is 1. The summed E-state index contributed by atoms with van der Waals surface area (Å²) >= 11 is 5.86. The number of halogens is 1. The van der Waals surface area contributed by atoms with Gasteiger partial charge in [0.1, 0.15) is 12.4 Å². The van der Waals surface area contributed by atoms with Gasteiger partial charge in [-0.25, -0.2) is 0 Å². The van der Waals surface area contributed by atoms with Crippen molar-refractivity contribution in [2.24, 2.45) is 0 Å². The van der Waals surface area contributed by atoms with Crippen molar-refractivity contribution in [1.82, 2.24) is 0 Å². The van der Waals surface area contributed by atoms with Crippen LogP contribution in [-0.2, 0) is 0 Å². The van der Waals surface area contributed by atoms with Crippen molar-refractivity contribution < 1.29 is 9.53 Å². The predicted molar refractivity (Wildman–Crippen MR) is 66.4 cm³/mol. The average molecular weight is 239 g/mol. The maximum atomic E-state index is 11.8. The van der Waals surface area contributed by atoms with Gasteiger partial charge in [0.05, 0.1) is 5.56 Å². The van der Waals surface area contributed by atoms with Gasteiger partial charge in [-0.05, 0) is 24.6 Å². The smallest absolute Gasteiger partial charge is 0.166 e. The van der Waals surface area contributed by atoms with E-state index in [4.69, 9.17) is 16.3 Å². The van der Waals surface area contributed by atoms with Crippen molar-refractivity contribution in [3.05, 3.63) is 41.4 Å². The zero-order chi connectivity index (χ0) is 12.0. The molecule has 1 aromatic rings. The first kappa shape index (κ1) is 12.8. The van der Waals surface area contributed by atoms with E-state index < -0.39 is 0 Å². The molecule has 0 amide bonds. The summed E-state index contributed by atoms with van der Waals surface area (Å²) in [7, 11) is 0. The van der Waals surface area contributed by atoms with Crippen LogP contribution in [-0.4, -0.2) is 12.4 Å². The Morgan fingerprint density at radius 1 is 1.56 bits per heavy atom. The first-order valence-corrected chi connectivity index (χ1v) is 5.63. The minimum Gasteiger partial charge on any atom is -0.489 e. The van der Waals surface area contributed by atoms with E-state index in [1.165, 1.54) is 0 Å². The quantitative estimate of drug-likeness (QED) is 0.555. The summed E-state index contributed by atoms with van der Waals surface area (Å²) < 4.78 is 5.41. The van der Waals surface area contributed by atoms with Crippen LogP contribution < -0.4 is 4.74 Å². The standard InChI is InChI=1S/C13H15ClO2/c1-3-5-12(15)11-7-6-10(14)9-13(11)16-8-4-2/h4,6-7,9H,2-3,5,8H2,1H3. The number of carbonyl (C=O) groups is 1. The highest BCUT2D eigenvalue weighted by Crippen LogP contribution is 2.25. The normalized spacial score (nSPS) is 9.88. The fourth-order valence-corrected chi connectivity index (χ4v) is 1.52. The molecule has 0 saturated carbocycles. The molecule has 0 N–H and O–H groups in total. The van der Waals surface area contributed by atoms with Crippen molar-refractivity contribution in [3.63, 3.8) is 0 Å². The molecule has 0 aliphatic heterocycles. The molecular formula is C13H15ClO2. The van der Waals surface area contributed by atoms with Gasteiger partial charge in [-0.15, -0.1) is 0 Å². The maximum absolute atomic E-state index is 11.8. The molecule has 2 nitrogen and oxygen atoms in total. The molecular weight excluding hydrogens is 224 g/mol. The van der Waals surface area contributed by atoms with E-state index in [1.54, 1.807) is 24.3 Å². The molecule has 0 aromatic heterocycles. The van der Waals surface area contributed by atoms with Crippen LogP contribution in [0.3, 0.4) is 0 Å². The van der Waals surface area contributed by atoms with Crippen molar-refractivity contribution >= 4 is 17.4 Å². The summed E-state index contributed by atoms with van der Waals surface area (Å²) in [5.74, 6) is 0.615. The summed E-state index contributed by atoms with van der Waals surface area (Å²) in [5, 5.41) is 0.562. The zero-order valence-electron chi connectivity index (χ0n) is 9.33. The number of ether oxygens (including phenoxy) is 1. The summed E-state index contributed by atoms with van der Waals surface area (Å²) in [6.45, 7) is 5.90. The van der Waals surface area contributed by atoms with E-state index in [0.717, 1.165) is 6.42 Å². The Hall–Kier alpha value is -1.28. The van der Waals surface area contributed by atoms with Gasteiger partial charge >= 0.3 is 0 Å². The Kier molecular flexibility index (Phi) is 5.06. The fourth-order valence-electron chi connectivity index (χ4n) is 1.36. The van der Waals surface area contributed by atoms with E-state index in [1.807, 2.05) is 6.92 Å². The molecule has 0 radical (unpaired) electrons. The largest absolute Gasteiger partial charge is 0.489 e. The van der Waals surface area contributed by atoms with Crippen LogP contribution in [0.25, 0.3) is 0 Å². The first-order valence-electron chi connectivity index (χ1n) is 5.25. The topological polar surface area (TPSA) is 26.3 Å². The Balaban J connectivity index is 2.96. The number of hydrogen-bond donors (Lipinski definition) is 0. The molecule has 0 bridgehead atoms. The number of hydrogen-bond acceptors (Lipinski definition) is 2. The third-order valence-corrected chi connectivity index (χ3v) is 2.31. The van der Waals surface area contributed by atoms with Crippen LogP contribution in [0.5, 0.6) is 5.75 Å². The highest BCUT2D eigenvalue weighted by Gasteiger charge is 2.11. The van der Waals surface area contributed by atoms with E-state index in [2.05, 4.69) is 6.58 Å². The molecule has 0 saturated heterocycles. The van der Waals surface area contributed by atoms with Gasteiger partial charge in [0.15, 0.2) is 5.78 Å². The van der Waals surface area contributed by atoms with Crippen LogP contribution in [0.15, 0.2) is 30.9 Å². The summed E-state index contributed by atoms with van der Waals surface area (Å²) in [4.78, 5) is 11.8. The van der Waals surface area contributed by atoms with Gasteiger partial charge in [0.2, 0.25) is 0 Å². The van der Waals surface area contributed by atoms with E-state index >= 15 is 0 Å². The van der Waals surface area contributed by atoms with Crippen LogP contribution in [0.2, 0.25) is 5.02 Å². The molecule has 0 spiro atoms. The number of rotatable bonds is 6. The molecule has 86 valence electrons. The van der Waals surface area contributed by atoms with Crippen LogP contribution >= 0.6 is 11.6 Å². The molecule has 1 aromatic carbocycles. The predicted octanol–water partition coefficient (Wildman–Crippen LogP) is 3.89. The van der Waals surface area contributed by atoms with Crippen LogP contribution in [0.4, 0.5) is 0 Å².